The first kappa shape index (κ1) is 29.3. The van der Waals surface area contributed by atoms with Gasteiger partial charge in [0.1, 0.15) is 23.2 Å². The molecule has 0 bridgehead atoms. The molecule has 0 radical (unpaired) electrons. The number of methoxy groups -OCH3 is 1. The molecule has 0 atom stereocenters. The largest absolute Gasteiger partial charge is 0.494 e. The van der Waals surface area contributed by atoms with Gasteiger partial charge in [-0.2, -0.15) is 10.2 Å². The van der Waals surface area contributed by atoms with E-state index < -0.39 is 17.4 Å². The van der Waals surface area contributed by atoms with Crippen LogP contribution in [0.5, 0.6) is 5.75 Å². The Balaban J connectivity index is 1.63. The van der Waals surface area contributed by atoms with Crippen molar-refractivity contribution in [2.45, 2.75) is 19.4 Å². The van der Waals surface area contributed by atoms with Crippen molar-refractivity contribution in [2.75, 3.05) is 51.6 Å². The second-order valence-corrected chi connectivity index (χ2v) is 10.6. The van der Waals surface area contributed by atoms with Gasteiger partial charge in [0, 0.05) is 55.6 Å². The molecule has 43 heavy (non-hydrogen) atoms. The highest BCUT2D eigenvalue weighted by atomic mass is 19.1. The van der Waals surface area contributed by atoms with Gasteiger partial charge in [-0.1, -0.05) is 6.58 Å². The van der Waals surface area contributed by atoms with Gasteiger partial charge >= 0.3 is 5.69 Å². The molecule has 1 aliphatic rings. The van der Waals surface area contributed by atoms with Gasteiger partial charge in [0.15, 0.2) is 5.82 Å². The fourth-order valence-corrected chi connectivity index (χ4v) is 5.27. The van der Waals surface area contributed by atoms with Crippen molar-refractivity contribution in [2.24, 2.45) is 5.73 Å². The number of rotatable bonds is 10. The summed E-state index contributed by atoms with van der Waals surface area (Å²) in [6, 6.07) is 8.16. The number of primary amides is 1. The number of hydrogen-bond donors (Lipinski definition) is 2. The van der Waals surface area contributed by atoms with E-state index in [2.05, 4.69) is 21.9 Å². The smallest absolute Gasteiger partial charge is 0.334 e. The second kappa shape index (κ2) is 11.6. The third kappa shape index (κ3) is 5.40. The fourth-order valence-electron chi connectivity index (χ4n) is 5.27. The van der Waals surface area contributed by atoms with Crippen molar-refractivity contribution >= 4 is 39.8 Å². The number of halogens is 1. The quantitative estimate of drug-likeness (QED) is 0.268. The molecular weight excluding hydrogens is 553 g/mol. The van der Waals surface area contributed by atoms with Gasteiger partial charge in [0.25, 0.3) is 0 Å². The van der Waals surface area contributed by atoms with Crippen LogP contribution in [0.15, 0.2) is 41.8 Å². The van der Waals surface area contributed by atoms with Crippen LogP contribution in [0.25, 0.3) is 22.4 Å². The Labute approximate surface area is 247 Å². The Morgan fingerprint density at radius 2 is 2.02 bits per heavy atom. The summed E-state index contributed by atoms with van der Waals surface area (Å²) in [6.07, 6.45) is 2.62. The van der Waals surface area contributed by atoms with Gasteiger partial charge in [0.2, 0.25) is 11.9 Å². The summed E-state index contributed by atoms with van der Waals surface area (Å²) in [4.78, 5) is 38.6. The lowest BCUT2D eigenvalue weighted by molar-refractivity contribution is -0.112. The first-order valence-electron chi connectivity index (χ1n) is 13.6. The molecule has 12 nitrogen and oxygen atoms in total. The van der Waals surface area contributed by atoms with E-state index in [1.807, 2.05) is 37.0 Å². The maximum absolute atomic E-state index is 14.6. The number of carbonyl (C=O) groups is 1. The maximum Gasteiger partial charge on any atom is 0.334 e. The summed E-state index contributed by atoms with van der Waals surface area (Å²) >= 11 is 0. The van der Waals surface area contributed by atoms with Crippen molar-refractivity contribution in [3.63, 3.8) is 0 Å². The van der Waals surface area contributed by atoms with Crippen LogP contribution in [-0.4, -0.2) is 71.3 Å². The molecule has 1 aliphatic heterocycles. The van der Waals surface area contributed by atoms with E-state index in [9.17, 15) is 19.2 Å². The first-order valence-corrected chi connectivity index (χ1v) is 13.6. The van der Waals surface area contributed by atoms with Crippen LogP contribution >= 0.6 is 0 Å². The van der Waals surface area contributed by atoms with Crippen LogP contribution in [0.2, 0.25) is 0 Å². The van der Waals surface area contributed by atoms with Crippen LogP contribution in [-0.2, 0) is 17.8 Å². The highest BCUT2D eigenvalue weighted by molar-refractivity contribution is 6.19. The topological polar surface area (TPSA) is 147 Å². The molecular formula is C30H32FN9O3. The van der Waals surface area contributed by atoms with E-state index in [0.29, 0.717) is 59.7 Å². The molecule has 0 unspecified atom stereocenters. The Kier molecular flexibility index (Phi) is 7.88. The Hall–Kier alpha value is -5.22. The number of amides is 1. The lowest BCUT2D eigenvalue weighted by Gasteiger charge is -2.26. The number of imidazole rings is 1. The average Bonchev–Trinajstić information content (AvgIpc) is 3.26. The number of hydrogen-bond acceptors (Lipinski definition) is 9. The number of likely N-dealkylation sites (N-methyl/N-ethyl adjacent to an activating group) is 2. The molecule has 4 aromatic rings. The minimum Gasteiger partial charge on any atom is -0.494 e. The van der Waals surface area contributed by atoms with Gasteiger partial charge < -0.3 is 25.6 Å². The SMILES string of the molecule is C=C(C(N)=O)c1cc(Nc2ncc(C#N)c(-n3c(=O)n4c5c(cc(F)cc53)CCC4)n2)c(OC)cc1N(C)CCN(C)C. The third-order valence-corrected chi connectivity index (χ3v) is 7.48. The molecule has 13 heteroatoms. The number of aromatic nitrogens is 4. The number of nitrogens with two attached hydrogens (primary N) is 1. The molecule has 0 fully saturated rings. The Bertz CT molecular complexity index is 1870. The van der Waals surface area contributed by atoms with Crippen LogP contribution in [0.1, 0.15) is 23.1 Å². The van der Waals surface area contributed by atoms with Crippen LogP contribution in [0, 0.1) is 17.1 Å². The van der Waals surface area contributed by atoms with Crippen molar-refractivity contribution in [3.05, 3.63) is 70.0 Å². The molecule has 0 aliphatic carbocycles. The Morgan fingerprint density at radius 1 is 1.26 bits per heavy atom. The average molecular weight is 586 g/mol. The van der Waals surface area contributed by atoms with Gasteiger partial charge in [-0.05, 0) is 44.6 Å². The van der Waals surface area contributed by atoms with Crippen LogP contribution in [0.4, 0.5) is 21.7 Å². The number of nitrogens with zero attached hydrogens (tertiary/aromatic N) is 7. The van der Waals surface area contributed by atoms with E-state index in [1.165, 1.54) is 30.0 Å². The zero-order valence-corrected chi connectivity index (χ0v) is 24.4. The maximum atomic E-state index is 14.6. The molecule has 0 saturated carbocycles. The summed E-state index contributed by atoms with van der Waals surface area (Å²) < 4.78 is 23.1. The lowest BCUT2D eigenvalue weighted by atomic mass is 10.0. The first-order chi connectivity index (χ1) is 20.5. The monoisotopic (exact) mass is 585 g/mol. The summed E-state index contributed by atoms with van der Waals surface area (Å²) in [5, 5.41) is 13.0. The third-order valence-electron chi connectivity index (χ3n) is 7.48. The predicted molar refractivity (Wildman–Crippen MR) is 162 cm³/mol. The van der Waals surface area contributed by atoms with Crippen molar-refractivity contribution in [1.29, 1.82) is 5.26 Å². The summed E-state index contributed by atoms with van der Waals surface area (Å²) in [5.74, 6) is -0.712. The number of nitriles is 1. The number of anilines is 3. The number of benzene rings is 2. The minimum absolute atomic E-state index is 0.00738. The van der Waals surface area contributed by atoms with Crippen molar-refractivity contribution in [1.82, 2.24) is 24.0 Å². The predicted octanol–water partition coefficient (Wildman–Crippen LogP) is 2.79. The minimum atomic E-state index is -0.685. The standard InChI is InChI=1S/C30H32FN9O3/c1-17(27(33)41)21-13-22(25(43-5)14-23(21)38(4)10-9-37(2)3)35-29-34-16-19(15-32)28(36-29)40-24-12-20(31)11-18-7-6-8-39(26(18)24)30(40)42/h11-14,16H,1,6-10H2,2-5H3,(H2,33,41)(H,34,35,36). The normalized spacial score (nSPS) is 12.3. The molecule has 3 N–H and O–H groups in total. The molecule has 0 saturated heterocycles. The van der Waals surface area contributed by atoms with E-state index in [4.69, 9.17) is 10.5 Å². The van der Waals surface area contributed by atoms with Gasteiger partial charge in [-0.3, -0.25) is 9.36 Å². The molecule has 0 spiro atoms. The molecule has 3 heterocycles. The number of ether oxygens (including phenoxy) is 1. The van der Waals surface area contributed by atoms with Gasteiger partial charge in [-0.15, -0.1) is 0 Å². The number of nitrogens with one attached hydrogen (secondary N) is 1. The number of carbonyl (C=O) groups excluding carboxylic acids is 1. The Morgan fingerprint density at radius 3 is 2.70 bits per heavy atom. The van der Waals surface area contributed by atoms with Crippen LogP contribution in [0.3, 0.4) is 0 Å². The molecule has 1 amide bonds. The summed E-state index contributed by atoms with van der Waals surface area (Å²) in [6.45, 7) is 5.76. The van der Waals surface area contributed by atoms with Crippen molar-refractivity contribution in [3.8, 4) is 17.6 Å². The zero-order chi connectivity index (χ0) is 31.0. The zero-order valence-electron chi connectivity index (χ0n) is 24.4. The highest BCUT2D eigenvalue weighted by Crippen LogP contribution is 2.38. The lowest BCUT2D eigenvalue weighted by Crippen LogP contribution is -2.29. The van der Waals surface area contributed by atoms with E-state index in [-0.39, 0.29) is 22.9 Å². The number of aryl methyl sites for hydroxylation is 2. The van der Waals surface area contributed by atoms with Gasteiger partial charge in [-0.25, -0.2) is 18.7 Å². The molecule has 5 rings (SSSR count). The molecule has 2 aromatic heterocycles. The molecule has 222 valence electrons. The van der Waals surface area contributed by atoms with E-state index >= 15 is 0 Å². The van der Waals surface area contributed by atoms with Crippen molar-refractivity contribution < 1.29 is 13.9 Å². The van der Waals surface area contributed by atoms with Gasteiger partial charge in [0.05, 0.1) is 30.0 Å². The highest BCUT2D eigenvalue weighted by Gasteiger charge is 2.25. The van der Waals surface area contributed by atoms with E-state index in [1.54, 1.807) is 16.7 Å². The van der Waals surface area contributed by atoms with E-state index in [0.717, 1.165) is 12.1 Å². The summed E-state index contributed by atoms with van der Waals surface area (Å²) in [7, 11) is 7.31. The summed E-state index contributed by atoms with van der Waals surface area (Å²) in [5.41, 5.74) is 8.54. The second-order valence-electron chi connectivity index (χ2n) is 10.6. The fraction of sp³-hybridized carbons (Fsp3) is 0.300. The van der Waals surface area contributed by atoms with Crippen LogP contribution < -0.4 is 26.4 Å². The molecule has 2 aromatic carbocycles.